The zero-order valence-electron chi connectivity index (χ0n) is 8.37. The van der Waals surface area contributed by atoms with Gasteiger partial charge in [-0.1, -0.05) is 0 Å². The fraction of sp³-hybridized carbons (Fsp3) is 0.417. The van der Waals surface area contributed by atoms with Gasteiger partial charge in [-0.2, -0.15) is 0 Å². The topological polar surface area (TPSA) is 20.3 Å². The second kappa shape index (κ2) is 3.14. The van der Waals surface area contributed by atoms with Gasteiger partial charge < -0.3 is 0 Å². The van der Waals surface area contributed by atoms with Crippen LogP contribution in [-0.2, 0) is 6.54 Å². The van der Waals surface area contributed by atoms with E-state index >= 15 is 0 Å². The molecule has 0 unspecified atom stereocenters. The summed E-state index contributed by atoms with van der Waals surface area (Å²) in [5, 5.41) is 0. The fourth-order valence-electron chi connectivity index (χ4n) is 2.21. The highest BCUT2D eigenvalue weighted by atomic mass is 19.1. The van der Waals surface area contributed by atoms with Crippen LogP contribution in [0.5, 0.6) is 0 Å². The molecule has 2 nitrogen and oxygen atoms in total. The van der Waals surface area contributed by atoms with E-state index in [0.29, 0.717) is 18.2 Å². The smallest absolute Gasteiger partial charge is 0.177 e. The van der Waals surface area contributed by atoms with Crippen LogP contribution < -0.4 is 0 Å². The first-order valence-electron chi connectivity index (χ1n) is 5.30. The molecule has 0 radical (unpaired) electrons. The molecule has 0 spiro atoms. The molecule has 1 heterocycles. The van der Waals surface area contributed by atoms with E-state index in [-0.39, 0.29) is 11.6 Å². The number of carbonyl (C=O) groups is 1. The third-order valence-corrected chi connectivity index (χ3v) is 3.15. The SMILES string of the molecule is O=C1CN(C2CC2)Cc2cc(F)ccc21. The highest BCUT2D eigenvalue weighted by Crippen LogP contribution is 2.31. The molecule has 0 amide bonds. The lowest BCUT2D eigenvalue weighted by molar-refractivity contribution is 0.0893. The number of ketones is 1. The quantitative estimate of drug-likeness (QED) is 0.698. The first-order chi connectivity index (χ1) is 7.24. The summed E-state index contributed by atoms with van der Waals surface area (Å²) in [6, 6.07) is 5.02. The molecule has 0 aromatic heterocycles. The van der Waals surface area contributed by atoms with E-state index in [9.17, 15) is 9.18 Å². The number of benzene rings is 1. The number of halogens is 1. The highest BCUT2D eigenvalue weighted by molar-refractivity contribution is 5.99. The lowest BCUT2D eigenvalue weighted by Crippen LogP contribution is -2.36. The summed E-state index contributed by atoms with van der Waals surface area (Å²) >= 11 is 0. The highest BCUT2D eigenvalue weighted by Gasteiger charge is 2.34. The van der Waals surface area contributed by atoms with Gasteiger partial charge in [0.2, 0.25) is 0 Å². The normalized spacial score (nSPS) is 21.5. The van der Waals surface area contributed by atoms with Crippen molar-refractivity contribution in [1.29, 1.82) is 0 Å². The van der Waals surface area contributed by atoms with Crippen LogP contribution in [0.4, 0.5) is 4.39 Å². The lowest BCUT2D eigenvalue weighted by atomic mass is 9.98. The summed E-state index contributed by atoms with van der Waals surface area (Å²) in [5.41, 5.74) is 1.55. The molecule has 78 valence electrons. The Labute approximate surface area is 87.7 Å². The first-order valence-corrected chi connectivity index (χ1v) is 5.30. The molecule has 0 atom stereocenters. The Morgan fingerprint density at radius 1 is 1.27 bits per heavy atom. The minimum Gasteiger partial charge on any atom is -0.293 e. The zero-order chi connectivity index (χ0) is 10.4. The Kier molecular flexibility index (Phi) is 1.89. The molecule has 2 aliphatic rings. The van der Waals surface area contributed by atoms with Gasteiger partial charge in [0, 0.05) is 18.2 Å². The van der Waals surface area contributed by atoms with Crippen LogP contribution in [0.2, 0.25) is 0 Å². The van der Waals surface area contributed by atoms with Crippen molar-refractivity contribution in [2.45, 2.75) is 25.4 Å². The van der Waals surface area contributed by atoms with Gasteiger partial charge in [-0.25, -0.2) is 4.39 Å². The maximum absolute atomic E-state index is 13.0. The van der Waals surface area contributed by atoms with Crippen molar-refractivity contribution in [2.75, 3.05) is 6.54 Å². The summed E-state index contributed by atoms with van der Waals surface area (Å²) in [5.74, 6) is -0.123. The second-order valence-corrected chi connectivity index (χ2v) is 4.36. The molecule has 3 heteroatoms. The van der Waals surface area contributed by atoms with Crippen LogP contribution in [0.1, 0.15) is 28.8 Å². The Hall–Kier alpha value is -1.22. The second-order valence-electron chi connectivity index (χ2n) is 4.36. The van der Waals surface area contributed by atoms with Crippen molar-refractivity contribution >= 4 is 5.78 Å². The Morgan fingerprint density at radius 2 is 2.07 bits per heavy atom. The van der Waals surface area contributed by atoms with Crippen LogP contribution in [0, 0.1) is 5.82 Å². The molecule has 1 aromatic carbocycles. The van der Waals surface area contributed by atoms with Crippen molar-refractivity contribution in [1.82, 2.24) is 4.90 Å². The minimum absolute atomic E-state index is 0.128. The van der Waals surface area contributed by atoms with Crippen LogP contribution in [0.25, 0.3) is 0 Å². The molecule has 1 aliphatic heterocycles. The van der Waals surface area contributed by atoms with Gasteiger partial charge in [0.15, 0.2) is 5.78 Å². The first kappa shape index (κ1) is 9.04. The minimum atomic E-state index is -0.251. The van der Waals surface area contributed by atoms with E-state index < -0.39 is 0 Å². The molecule has 1 saturated carbocycles. The van der Waals surface area contributed by atoms with Gasteiger partial charge in [0.1, 0.15) is 5.82 Å². The Morgan fingerprint density at radius 3 is 2.80 bits per heavy atom. The molecule has 0 bridgehead atoms. The predicted molar refractivity (Wildman–Crippen MR) is 54.2 cm³/mol. The van der Waals surface area contributed by atoms with E-state index in [4.69, 9.17) is 0 Å². The maximum Gasteiger partial charge on any atom is 0.177 e. The number of fused-ring (bicyclic) bond motifs is 1. The molecule has 0 N–H and O–H groups in total. The molecule has 3 rings (SSSR count). The molecular formula is C12H12FNO. The van der Waals surface area contributed by atoms with Crippen molar-refractivity contribution in [2.24, 2.45) is 0 Å². The Balaban J connectivity index is 1.97. The summed E-state index contributed by atoms with van der Waals surface area (Å²) < 4.78 is 13.0. The zero-order valence-corrected chi connectivity index (χ0v) is 8.37. The number of nitrogens with zero attached hydrogens (tertiary/aromatic N) is 1. The van der Waals surface area contributed by atoms with Gasteiger partial charge in [-0.15, -0.1) is 0 Å². The molecular weight excluding hydrogens is 193 g/mol. The van der Waals surface area contributed by atoms with Crippen LogP contribution in [0.3, 0.4) is 0 Å². The number of hydrogen-bond donors (Lipinski definition) is 0. The van der Waals surface area contributed by atoms with Crippen molar-refractivity contribution < 1.29 is 9.18 Å². The lowest BCUT2D eigenvalue weighted by Gasteiger charge is -2.27. The molecule has 0 saturated heterocycles. The largest absolute Gasteiger partial charge is 0.293 e. The van der Waals surface area contributed by atoms with E-state index in [2.05, 4.69) is 4.90 Å². The van der Waals surface area contributed by atoms with Gasteiger partial charge in [0.25, 0.3) is 0 Å². The Bertz CT molecular complexity index is 426. The summed E-state index contributed by atoms with van der Waals surface area (Å²) in [6.45, 7) is 1.23. The monoisotopic (exact) mass is 205 g/mol. The van der Waals surface area contributed by atoms with E-state index in [1.807, 2.05) is 0 Å². The van der Waals surface area contributed by atoms with Crippen LogP contribution in [-0.4, -0.2) is 23.3 Å². The van der Waals surface area contributed by atoms with Crippen molar-refractivity contribution in [3.05, 3.63) is 35.1 Å². The molecule has 15 heavy (non-hydrogen) atoms. The summed E-state index contributed by atoms with van der Waals surface area (Å²) in [7, 11) is 0. The number of hydrogen-bond acceptors (Lipinski definition) is 2. The van der Waals surface area contributed by atoms with Gasteiger partial charge >= 0.3 is 0 Å². The van der Waals surface area contributed by atoms with Gasteiger partial charge in [0.05, 0.1) is 6.54 Å². The van der Waals surface area contributed by atoms with E-state index in [1.165, 1.54) is 25.0 Å². The number of carbonyl (C=O) groups excluding carboxylic acids is 1. The van der Waals surface area contributed by atoms with Crippen LogP contribution in [0.15, 0.2) is 18.2 Å². The fourth-order valence-corrected chi connectivity index (χ4v) is 2.21. The number of Topliss-reactive ketones (excluding diaryl/α,β-unsaturated/α-hetero) is 1. The van der Waals surface area contributed by atoms with Gasteiger partial charge in [-0.3, -0.25) is 9.69 Å². The predicted octanol–water partition coefficient (Wildman–Crippen LogP) is 1.99. The summed E-state index contributed by atoms with van der Waals surface area (Å²) in [6.07, 6.45) is 2.36. The maximum atomic E-state index is 13.0. The standard InChI is InChI=1S/C12H12FNO/c13-9-1-4-11-8(5-9)6-14(7-12(11)15)10-2-3-10/h1,4-5,10H,2-3,6-7H2. The third-order valence-electron chi connectivity index (χ3n) is 3.15. The molecule has 1 aliphatic carbocycles. The van der Waals surface area contributed by atoms with Gasteiger partial charge in [-0.05, 0) is 36.6 Å². The van der Waals surface area contributed by atoms with Crippen molar-refractivity contribution in [3.63, 3.8) is 0 Å². The molecule has 1 fully saturated rings. The van der Waals surface area contributed by atoms with Crippen molar-refractivity contribution in [3.8, 4) is 0 Å². The third kappa shape index (κ3) is 1.57. The van der Waals surface area contributed by atoms with E-state index in [1.54, 1.807) is 6.07 Å². The summed E-state index contributed by atoms with van der Waals surface area (Å²) in [4.78, 5) is 13.9. The van der Waals surface area contributed by atoms with Crippen LogP contribution >= 0.6 is 0 Å². The van der Waals surface area contributed by atoms with E-state index in [0.717, 1.165) is 12.1 Å². The molecule has 1 aromatic rings. The average molecular weight is 205 g/mol. The average Bonchev–Trinajstić information content (AvgIpc) is 2.99. The number of rotatable bonds is 1.